The van der Waals surface area contributed by atoms with Crippen LogP contribution in [0.2, 0.25) is 0 Å². The van der Waals surface area contributed by atoms with Crippen LogP contribution >= 0.6 is 11.5 Å². The van der Waals surface area contributed by atoms with E-state index in [0.29, 0.717) is 28.1 Å². The van der Waals surface area contributed by atoms with E-state index in [2.05, 4.69) is 66.3 Å². The van der Waals surface area contributed by atoms with Crippen LogP contribution in [0.15, 0.2) is 22.4 Å². The van der Waals surface area contributed by atoms with Gasteiger partial charge in [0.25, 0.3) is 0 Å². The van der Waals surface area contributed by atoms with E-state index in [0.717, 1.165) is 35.8 Å². The summed E-state index contributed by atoms with van der Waals surface area (Å²) in [6.07, 6.45) is 9.92. The van der Waals surface area contributed by atoms with Gasteiger partial charge < -0.3 is 9.64 Å². The summed E-state index contributed by atoms with van der Waals surface area (Å²) in [7, 11) is 1.73. The van der Waals surface area contributed by atoms with Gasteiger partial charge in [-0.25, -0.2) is 0 Å². The highest BCUT2D eigenvalue weighted by molar-refractivity contribution is 7.10. The fraction of sp³-hybridized carbons (Fsp3) is 0.655. The average molecular weight is 512 g/mol. The van der Waals surface area contributed by atoms with Crippen LogP contribution in [0.4, 0.5) is 16.4 Å². The molecule has 1 aromatic carbocycles. The largest absolute Gasteiger partial charge is 0.495 e. The van der Waals surface area contributed by atoms with Gasteiger partial charge in [0.1, 0.15) is 17.4 Å². The van der Waals surface area contributed by atoms with Gasteiger partial charge in [-0.2, -0.15) is 9.64 Å². The monoisotopic (exact) mass is 511 g/mol. The fourth-order valence-electron chi connectivity index (χ4n) is 4.56. The molecular formula is C29H45N5OS. The zero-order chi connectivity index (χ0) is 26.5. The van der Waals surface area contributed by atoms with Gasteiger partial charge in [-0.1, -0.05) is 66.2 Å². The van der Waals surface area contributed by atoms with Crippen molar-refractivity contribution in [3.05, 3.63) is 29.0 Å². The van der Waals surface area contributed by atoms with Crippen molar-refractivity contribution < 1.29 is 4.74 Å². The van der Waals surface area contributed by atoms with Gasteiger partial charge in [-0.3, -0.25) is 0 Å². The topological polar surface area (TPSA) is 73.9 Å². The third kappa shape index (κ3) is 8.30. The van der Waals surface area contributed by atoms with Crippen molar-refractivity contribution in [2.75, 3.05) is 25.1 Å². The predicted molar refractivity (Wildman–Crippen MR) is 152 cm³/mol. The molecule has 1 heterocycles. The highest BCUT2D eigenvalue weighted by Crippen LogP contribution is 2.38. The summed E-state index contributed by atoms with van der Waals surface area (Å²) < 4.78 is 10.2. The van der Waals surface area contributed by atoms with Crippen LogP contribution in [-0.4, -0.2) is 24.6 Å². The number of hydrogen-bond donors (Lipinski definition) is 0. The van der Waals surface area contributed by atoms with Crippen molar-refractivity contribution in [1.29, 1.82) is 5.26 Å². The Balaban J connectivity index is 2.42. The van der Waals surface area contributed by atoms with Crippen LogP contribution < -0.4 is 9.64 Å². The number of nitriles is 1. The molecule has 0 N–H and O–H groups in total. The third-order valence-corrected chi connectivity index (χ3v) is 7.91. The molecule has 0 saturated heterocycles. The van der Waals surface area contributed by atoms with Crippen LogP contribution in [0.5, 0.6) is 5.75 Å². The minimum Gasteiger partial charge on any atom is -0.495 e. The smallest absolute Gasteiger partial charge is 0.176 e. The molecule has 2 rings (SSSR count). The molecule has 0 radical (unpaired) electrons. The lowest BCUT2D eigenvalue weighted by molar-refractivity contribution is 0.390. The van der Waals surface area contributed by atoms with Crippen LogP contribution in [0.25, 0.3) is 0 Å². The normalized spacial score (nSPS) is 13.1. The number of nitrogens with zero attached hydrogens (tertiary/aromatic N) is 5. The Morgan fingerprint density at radius 1 is 1.00 bits per heavy atom. The van der Waals surface area contributed by atoms with E-state index in [1.165, 1.54) is 62.9 Å². The first kappa shape index (κ1) is 29.8. The van der Waals surface area contributed by atoms with Crippen LogP contribution in [-0.2, 0) is 0 Å². The molecule has 0 fully saturated rings. The van der Waals surface area contributed by atoms with Crippen molar-refractivity contribution >= 4 is 27.9 Å². The van der Waals surface area contributed by atoms with Gasteiger partial charge in [-0.05, 0) is 61.7 Å². The van der Waals surface area contributed by atoms with E-state index in [-0.39, 0.29) is 0 Å². The summed E-state index contributed by atoms with van der Waals surface area (Å²) in [5, 5.41) is 18.8. The van der Waals surface area contributed by atoms with Gasteiger partial charge in [0.05, 0.1) is 24.2 Å². The number of anilines is 1. The number of unbranched alkanes of at least 4 members (excludes halogenated alkanes) is 2. The summed E-state index contributed by atoms with van der Waals surface area (Å²) in [5.74, 6) is 2.15. The Morgan fingerprint density at radius 2 is 1.61 bits per heavy atom. The van der Waals surface area contributed by atoms with Gasteiger partial charge in [-0.15, -0.1) is 10.2 Å². The second-order valence-electron chi connectivity index (χ2n) is 9.81. The van der Waals surface area contributed by atoms with Crippen molar-refractivity contribution in [2.45, 2.75) is 92.9 Å². The molecule has 0 aliphatic carbocycles. The van der Waals surface area contributed by atoms with Gasteiger partial charge in [0, 0.05) is 19.2 Å². The number of methoxy groups -OCH3 is 1. The Labute approximate surface area is 223 Å². The average Bonchev–Trinajstić information content (AvgIpc) is 3.25. The van der Waals surface area contributed by atoms with Gasteiger partial charge in [0.15, 0.2) is 5.00 Å². The fourth-order valence-corrected chi connectivity index (χ4v) is 5.24. The molecule has 0 spiro atoms. The molecule has 2 atom stereocenters. The SMILES string of the molecule is CCCCC(CC)CN(CC(CC)CCCC)c1cc(C)c(N=Nc2snc(C)c2C#N)cc1OC. The summed E-state index contributed by atoms with van der Waals surface area (Å²) in [4.78, 5) is 2.57. The first-order valence-electron chi connectivity index (χ1n) is 13.6. The number of benzene rings is 1. The van der Waals surface area contributed by atoms with Crippen molar-refractivity contribution in [3.8, 4) is 11.8 Å². The lowest BCUT2D eigenvalue weighted by atomic mass is 9.95. The Hall–Kier alpha value is -2.46. The van der Waals surface area contributed by atoms with E-state index < -0.39 is 0 Å². The Morgan fingerprint density at radius 3 is 2.11 bits per heavy atom. The van der Waals surface area contributed by atoms with Crippen molar-refractivity contribution in [1.82, 2.24) is 4.37 Å². The van der Waals surface area contributed by atoms with Crippen molar-refractivity contribution in [2.24, 2.45) is 22.1 Å². The number of aryl methyl sites for hydroxylation is 2. The third-order valence-electron chi connectivity index (χ3n) is 7.09. The van der Waals surface area contributed by atoms with Gasteiger partial charge >= 0.3 is 0 Å². The summed E-state index contributed by atoms with van der Waals surface area (Å²) >= 11 is 1.20. The molecule has 0 saturated carbocycles. The molecule has 1 aromatic heterocycles. The van der Waals surface area contributed by atoms with Crippen LogP contribution in [0, 0.1) is 37.0 Å². The maximum Gasteiger partial charge on any atom is 0.176 e. The Kier molecular flexibility index (Phi) is 12.9. The van der Waals surface area contributed by atoms with E-state index in [1.807, 2.05) is 13.0 Å². The van der Waals surface area contributed by atoms with E-state index in [9.17, 15) is 5.26 Å². The lowest BCUT2D eigenvalue weighted by Crippen LogP contribution is -2.34. The zero-order valence-electron chi connectivity index (χ0n) is 23.4. The molecule has 2 aromatic rings. The Bertz CT molecular complexity index is 992. The molecule has 36 heavy (non-hydrogen) atoms. The van der Waals surface area contributed by atoms with E-state index >= 15 is 0 Å². The van der Waals surface area contributed by atoms with E-state index in [1.54, 1.807) is 7.11 Å². The van der Waals surface area contributed by atoms with E-state index in [4.69, 9.17) is 4.74 Å². The molecule has 7 heteroatoms. The number of hydrogen-bond acceptors (Lipinski definition) is 7. The molecule has 0 bridgehead atoms. The van der Waals surface area contributed by atoms with Gasteiger partial charge in [0.2, 0.25) is 0 Å². The summed E-state index contributed by atoms with van der Waals surface area (Å²) in [5.41, 5.74) is 4.12. The number of azo groups is 1. The second kappa shape index (κ2) is 15.6. The first-order valence-corrected chi connectivity index (χ1v) is 14.4. The zero-order valence-corrected chi connectivity index (χ0v) is 24.2. The number of aromatic nitrogens is 1. The quantitative estimate of drug-likeness (QED) is 0.210. The lowest BCUT2D eigenvalue weighted by Gasteiger charge is -2.33. The highest BCUT2D eigenvalue weighted by atomic mass is 32.1. The molecule has 0 aliphatic rings. The standard InChI is InChI=1S/C29H45N5OS/c1-8-12-14-23(10-3)19-34(20-24(11-4)15-13-9-2)27-16-21(5)26(17-28(27)35-7)31-32-29-25(18-30)22(6)33-36-29/h16-17,23-24H,8-15,19-20H2,1-7H3. The molecule has 198 valence electrons. The van der Waals surface area contributed by atoms with Crippen molar-refractivity contribution in [3.63, 3.8) is 0 Å². The number of rotatable bonds is 16. The van der Waals surface area contributed by atoms with Crippen LogP contribution in [0.3, 0.4) is 0 Å². The summed E-state index contributed by atoms with van der Waals surface area (Å²) in [6, 6.07) is 6.37. The molecule has 2 unspecified atom stereocenters. The molecule has 0 aliphatic heterocycles. The molecule has 6 nitrogen and oxygen atoms in total. The first-order chi connectivity index (χ1) is 17.4. The summed E-state index contributed by atoms with van der Waals surface area (Å²) in [6.45, 7) is 15.2. The highest BCUT2D eigenvalue weighted by Gasteiger charge is 2.21. The maximum absolute atomic E-state index is 9.40. The maximum atomic E-state index is 9.40. The van der Waals surface area contributed by atoms with Crippen LogP contribution in [0.1, 0.15) is 95.9 Å². The minimum atomic E-state index is 0.492. The predicted octanol–water partition coefficient (Wildman–Crippen LogP) is 9.29. The molecular weight excluding hydrogens is 466 g/mol. The number of ether oxygens (including phenoxy) is 1. The minimum absolute atomic E-state index is 0.492. The second-order valence-corrected chi connectivity index (χ2v) is 10.6. The molecule has 0 amide bonds.